The van der Waals surface area contributed by atoms with Gasteiger partial charge in [-0.1, -0.05) is 23.2 Å². The number of amides is 2. The minimum Gasteiger partial charge on any atom is -0.369 e. The van der Waals surface area contributed by atoms with Gasteiger partial charge in [0.2, 0.25) is 11.8 Å². The Labute approximate surface area is 192 Å². The van der Waals surface area contributed by atoms with Crippen LogP contribution in [-0.4, -0.2) is 52.7 Å². The monoisotopic (exact) mass is 465 g/mol. The Hall–Kier alpha value is -2.09. The molecule has 1 atom stereocenters. The van der Waals surface area contributed by atoms with Crippen molar-refractivity contribution in [3.63, 3.8) is 0 Å². The highest BCUT2D eigenvalue weighted by molar-refractivity contribution is 6.42. The van der Waals surface area contributed by atoms with Crippen molar-refractivity contribution in [3.05, 3.63) is 45.2 Å². The van der Waals surface area contributed by atoms with Crippen LogP contribution in [0, 0.1) is 19.8 Å². The van der Waals surface area contributed by atoms with Crippen LogP contribution < -0.4 is 11.1 Å². The van der Waals surface area contributed by atoms with Crippen molar-refractivity contribution >= 4 is 35.0 Å². The van der Waals surface area contributed by atoms with E-state index in [1.54, 1.807) is 16.8 Å². The third-order valence-corrected chi connectivity index (χ3v) is 6.55. The number of hydrogen-bond acceptors (Lipinski definition) is 4. The molecule has 1 aliphatic heterocycles. The molecule has 168 valence electrons. The molecule has 2 amide bonds. The van der Waals surface area contributed by atoms with Gasteiger partial charge in [0.15, 0.2) is 0 Å². The first kappa shape index (κ1) is 23.6. The molecule has 1 aromatic carbocycles. The standard InChI is InChI=1S/C22H29Cl2N5O2/c1-14-18(15(2)29(27-14)17-6-7-19(23)20(24)11-17)12-21(30)26-8-4-10-28-9-3-5-16(13-28)22(25)31/h6-7,11,16H,3-5,8-10,12-13H2,1-2H3,(H2,25,31)(H,26,30)/t16-/m1/s1. The minimum absolute atomic E-state index is 0.0338. The lowest BCUT2D eigenvalue weighted by Gasteiger charge is -2.31. The summed E-state index contributed by atoms with van der Waals surface area (Å²) in [6.07, 6.45) is 2.96. The van der Waals surface area contributed by atoms with Crippen LogP contribution >= 0.6 is 23.2 Å². The Balaban J connectivity index is 1.51. The molecule has 7 nitrogen and oxygen atoms in total. The van der Waals surface area contributed by atoms with E-state index in [1.807, 2.05) is 19.9 Å². The van der Waals surface area contributed by atoms with Gasteiger partial charge in [-0.25, -0.2) is 4.68 Å². The van der Waals surface area contributed by atoms with Crippen molar-refractivity contribution in [3.8, 4) is 5.69 Å². The summed E-state index contributed by atoms with van der Waals surface area (Å²) in [6.45, 7) is 6.97. The fourth-order valence-electron chi connectivity index (χ4n) is 4.04. The van der Waals surface area contributed by atoms with E-state index in [9.17, 15) is 9.59 Å². The van der Waals surface area contributed by atoms with Crippen molar-refractivity contribution < 1.29 is 9.59 Å². The maximum absolute atomic E-state index is 12.5. The number of likely N-dealkylation sites (tertiary alicyclic amines) is 1. The van der Waals surface area contributed by atoms with Crippen LogP contribution in [0.1, 0.15) is 36.2 Å². The Bertz CT molecular complexity index is 960. The number of benzene rings is 1. The van der Waals surface area contributed by atoms with E-state index in [0.717, 1.165) is 61.5 Å². The summed E-state index contributed by atoms with van der Waals surface area (Å²) in [4.78, 5) is 26.1. The molecule has 0 unspecified atom stereocenters. The number of nitrogens with two attached hydrogens (primary N) is 1. The number of rotatable bonds is 8. The summed E-state index contributed by atoms with van der Waals surface area (Å²) in [5, 5.41) is 8.51. The smallest absolute Gasteiger partial charge is 0.224 e. The molecule has 0 radical (unpaired) electrons. The average Bonchev–Trinajstić information content (AvgIpc) is 3.01. The molecule has 9 heteroatoms. The summed E-state index contributed by atoms with van der Waals surface area (Å²) in [5.41, 5.74) is 8.85. The number of nitrogens with zero attached hydrogens (tertiary/aromatic N) is 3. The molecule has 2 aromatic rings. The summed E-state index contributed by atoms with van der Waals surface area (Å²) < 4.78 is 1.78. The second-order valence-corrected chi connectivity index (χ2v) is 8.90. The summed E-state index contributed by atoms with van der Waals surface area (Å²) in [5.74, 6) is -0.306. The van der Waals surface area contributed by atoms with Gasteiger partial charge < -0.3 is 16.0 Å². The highest BCUT2D eigenvalue weighted by Gasteiger charge is 2.23. The van der Waals surface area contributed by atoms with Crippen LogP contribution in [0.5, 0.6) is 0 Å². The number of primary amides is 1. The number of piperidine rings is 1. The summed E-state index contributed by atoms with van der Waals surface area (Å²) in [6, 6.07) is 5.34. The molecule has 2 heterocycles. The predicted molar refractivity (Wildman–Crippen MR) is 123 cm³/mol. The number of nitrogens with one attached hydrogen (secondary N) is 1. The molecule has 1 aromatic heterocycles. The Morgan fingerprint density at radius 2 is 2.03 bits per heavy atom. The molecule has 0 bridgehead atoms. The Kier molecular flexibility index (Phi) is 7.97. The highest BCUT2D eigenvalue weighted by atomic mass is 35.5. The van der Waals surface area contributed by atoms with Crippen LogP contribution in [0.15, 0.2) is 18.2 Å². The van der Waals surface area contributed by atoms with E-state index in [4.69, 9.17) is 28.9 Å². The SMILES string of the molecule is Cc1nn(-c2ccc(Cl)c(Cl)c2)c(C)c1CC(=O)NCCCN1CCC[C@@H](C(N)=O)C1. The molecule has 0 aliphatic carbocycles. The van der Waals surface area contributed by atoms with Gasteiger partial charge in [-0.3, -0.25) is 9.59 Å². The van der Waals surface area contributed by atoms with E-state index in [-0.39, 0.29) is 24.2 Å². The zero-order valence-electron chi connectivity index (χ0n) is 18.0. The van der Waals surface area contributed by atoms with Crippen LogP contribution in [-0.2, 0) is 16.0 Å². The van der Waals surface area contributed by atoms with Gasteiger partial charge in [0.1, 0.15) is 0 Å². The van der Waals surface area contributed by atoms with Crippen molar-refractivity contribution in [2.24, 2.45) is 11.7 Å². The summed E-state index contributed by atoms with van der Waals surface area (Å²) in [7, 11) is 0. The maximum atomic E-state index is 12.5. The lowest BCUT2D eigenvalue weighted by atomic mass is 9.97. The first-order valence-electron chi connectivity index (χ1n) is 10.5. The van der Waals surface area contributed by atoms with Crippen LogP contribution in [0.3, 0.4) is 0 Å². The van der Waals surface area contributed by atoms with Gasteiger partial charge in [0.25, 0.3) is 0 Å². The number of carbonyl (C=O) groups excluding carboxylic acids is 2. The first-order valence-corrected chi connectivity index (χ1v) is 11.3. The molecule has 0 saturated carbocycles. The van der Waals surface area contributed by atoms with Crippen LogP contribution in [0.2, 0.25) is 10.0 Å². The van der Waals surface area contributed by atoms with E-state index in [0.29, 0.717) is 16.6 Å². The van der Waals surface area contributed by atoms with E-state index in [1.165, 1.54) is 0 Å². The van der Waals surface area contributed by atoms with E-state index in [2.05, 4.69) is 15.3 Å². The van der Waals surface area contributed by atoms with E-state index >= 15 is 0 Å². The molecule has 31 heavy (non-hydrogen) atoms. The van der Waals surface area contributed by atoms with Crippen molar-refractivity contribution in [2.75, 3.05) is 26.2 Å². The van der Waals surface area contributed by atoms with Gasteiger partial charge in [-0.15, -0.1) is 0 Å². The first-order chi connectivity index (χ1) is 14.8. The molecular formula is C22H29Cl2N5O2. The molecule has 3 rings (SSSR count). The van der Waals surface area contributed by atoms with Gasteiger partial charge in [0, 0.05) is 24.3 Å². The fourth-order valence-corrected chi connectivity index (χ4v) is 4.34. The molecule has 1 aliphatic rings. The molecule has 0 spiro atoms. The Morgan fingerprint density at radius 1 is 1.26 bits per heavy atom. The maximum Gasteiger partial charge on any atom is 0.224 e. The second-order valence-electron chi connectivity index (χ2n) is 8.08. The number of carbonyl (C=O) groups is 2. The number of hydrogen-bond donors (Lipinski definition) is 2. The lowest BCUT2D eigenvalue weighted by molar-refractivity contribution is -0.123. The largest absolute Gasteiger partial charge is 0.369 e. The second kappa shape index (κ2) is 10.5. The number of halogens is 2. The van der Waals surface area contributed by atoms with E-state index < -0.39 is 0 Å². The van der Waals surface area contributed by atoms with Crippen molar-refractivity contribution in [1.82, 2.24) is 20.0 Å². The third kappa shape index (κ3) is 5.99. The van der Waals surface area contributed by atoms with Gasteiger partial charge >= 0.3 is 0 Å². The number of aromatic nitrogens is 2. The predicted octanol–water partition coefficient (Wildman–Crippen LogP) is 3.04. The molecular weight excluding hydrogens is 437 g/mol. The zero-order chi connectivity index (χ0) is 22.5. The highest BCUT2D eigenvalue weighted by Crippen LogP contribution is 2.26. The van der Waals surface area contributed by atoms with Gasteiger partial charge in [0.05, 0.1) is 33.8 Å². The van der Waals surface area contributed by atoms with Crippen LogP contribution in [0.25, 0.3) is 5.69 Å². The normalized spacial score (nSPS) is 17.0. The lowest BCUT2D eigenvalue weighted by Crippen LogP contribution is -2.42. The third-order valence-electron chi connectivity index (χ3n) is 5.81. The zero-order valence-corrected chi connectivity index (χ0v) is 19.5. The molecule has 1 fully saturated rings. The topological polar surface area (TPSA) is 93.2 Å². The molecule has 1 saturated heterocycles. The van der Waals surface area contributed by atoms with Gasteiger partial charge in [-0.05, 0) is 64.4 Å². The fraction of sp³-hybridized carbons (Fsp3) is 0.500. The molecule has 3 N–H and O–H groups in total. The average molecular weight is 466 g/mol. The number of aryl methyl sites for hydroxylation is 1. The van der Waals surface area contributed by atoms with Crippen LogP contribution in [0.4, 0.5) is 0 Å². The summed E-state index contributed by atoms with van der Waals surface area (Å²) >= 11 is 12.1. The van der Waals surface area contributed by atoms with Gasteiger partial charge in [-0.2, -0.15) is 5.10 Å². The Morgan fingerprint density at radius 3 is 2.74 bits per heavy atom. The quantitative estimate of drug-likeness (QED) is 0.585. The van der Waals surface area contributed by atoms with Crippen molar-refractivity contribution in [2.45, 2.75) is 39.5 Å². The minimum atomic E-state index is -0.217. The van der Waals surface area contributed by atoms with Crippen molar-refractivity contribution in [1.29, 1.82) is 0 Å².